The molecular formula is C23H32N4O8. The Kier molecular flexibility index (Phi) is 10.0. The van der Waals surface area contributed by atoms with Gasteiger partial charge in [-0.3, -0.25) is 14.6 Å². The molecule has 0 unspecified atom stereocenters. The number of aryl methyl sites for hydroxylation is 2. The molecule has 0 fully saturated rings. The summed E-state index contributed by atoms with van der Waals surface area (Å²) in [5, 5.41) is 38.8. The summed E-state index contributed by atoms with van der Waals surface area (Å²) in [5.41, 5.74) is 1.11. The van der Waals surface area contributed by atoms with Crippen molar-refractivity contribution in [3.63, 3.8) is 0 Å². The largest absolute Gasteiger partial charge is 0.466 e. The second-order valence-corrected chi connectivity index (χ2v) is 8.05. The molecule has 2 heterocycles. The molecular weight excluding hydrogens is 460 g/mol. The van der Waals surface area contributed by atoms with E-state index in [2.05, 4.69) is 19.7 Å². The molecule has 3 rings (SSSR count). The molecule has 5 N–H and O–H groups in total. The maximum atomic E-state index is 12.2. The summed E-state index contributed by atoms with van der Waals surface area (Å²) in [5.74, 6) is -0.140. The molecule has 0 amide bonds. The van der Waals surface area contributed by atoms with Gasteiger partial charge in [-0.25, -0.2) is 9.78 Å². The SMILES string of the molecule is CCCC(=O)OCC.Cc1cc2nc3c(=O)[nH]c(=O)nc-3n(C[C@H](O)[C@H](O)[C@H](O)CO)c2cc1C. The van der Waals surface area contributed by atoms with Gasteiger partial charge in [-0.15, -0.1) is 0 Å². The molecule has 12 heteroatoms. The first-order valence-electron chi connectivity index (χ1n) is 11.3. The van der Waals surface area contributed by atoms with Gasteiger partial charge in [0.2, 0.25) is 0 Å². The Morgan fingerprint density at radius 3 is 2.34 bits per heavy atom. The highest BCUT2D eigenvalue weighted by Crippen LogP contribution is 2.24. The Morgan fingerprint density at radius 1 is 1.09 bits per heavy atom. The lowest BCUT2D eigenvalue weighted by Gasteiger charge is -2.25. The molecule has 2 aliphatic heterocycles. The first-order valence-corrected chi connectivity index (χ1v) is 11.3. The van der Waals surface area contributed by atoms with E-state index in [0.717, 1.165) is 17.5 Å². The Bertz CT molecular complexity index is 1230. The maximum Gasteiger partial charge on any atom is 0.349 e. The zero-order valence-corrected chi connectivity index (χ0v) is 20.2. The number of ether oxygens (including phenoxy) is 1. The summed E-state index contributed by atoms with van der Waals surface area (Å²) in [4.78, 5) is 44.4. The molecule has 2 aliphatic rings. The van der Waals surface area contributed by atoms with Crippen LogP contribution in [-0.2, 0) is 16.1 Å². The Morgan fingerprint density at radius 2 is 1.74 bits per heavy atom. The summed E-state index contributed by atoms with van der Waals surface area (Å²) in [6, 6.07) is 3.53. The van der Waals surface area contributed by atoms with Gasteiger partial charge in [0.25, 0.3) is 5.56 Å². The van der Waals surface area contributed by atoms with Crippen LogP contribution in [0.4, 0.5) is 0 Å². The van der Waals surface area contributed by atoms with Crippen LogP contribution in [0.2, 0.25) is 0 Å². The van der Waals surface area contributed by atoms with Crippen LogP contribution in [0.15, 0.2) is 21.7 Å². The van der Waals surface area contributed by atoms with Crippen LogP contribution in [0.5, 0.6) is 0 Å². The lowest BCUT2D eigenvalue weighted by molar-refractivity contribution is -0.143. The molecule has 0 saturated carbocycles. The van der Waals surface area contributed by atoms with Gasteiger partial charge in [-0.05, 0) is 50.5 Å². The Hall–Kier alpha value is -3.19. The van der Waals surface area contributed by atoms with Gasteiger partial charge in [0.05, 0.1) is 30.8 Å². The monoisotopic (exact) mass is 492 g/mol. The van der Waals surface area contributed by atoms with E-state index in [4.69, 9.17) is 5.11 Å². The number of hydrogen-bond donors (Lipinski definition) is 5. The van der Waals surface area contributed by atoms with E-state index in [-0.39, 0.29) is 24.0 Å². The second-order valence-electron chi connectivity index (χ2n) is 8.05. The number of esters is 1. The van der Waals surface area contributed by atoms with Crippen molar-refractivity contribution in [3.05, 3.63) is 44.1 Å². The zero-order valence-electron chi connectivity index (χ0n) is 20.2. The molecule has 192 valence electrons. The molecule has 12 nitrogen and oxygen atoms in total. The summed E-state index contributed by atoms with van der Waals surface area (Å²) < 4.78 is 6.04. The molecule has 1 aromatic carbocycles. The van der Waals surface area contributed by atoms with E-state index < -0.39 is 36.2 Å². The van der Waals surface area contributed by atoms with Crippen LogP contribution in [0.1, 0.15) is 37.8 Å². The Labute approximate surface area is 201 Å². The molecule has 0 radical (unpaired) electrons. The third-order valence-electron chi connectivity index (χ3n) is 5.33. The Balaban J connectivity index is 0.000000466. The maximum absolute atomic E-state index is 12.2. The molecule has 3 atom stereocenters. The number of hydrogen-bond acceptors (Lipinski definition) is 10. The average Bonchev–Trinajstić information content (AvgIpc) is 2.80. The number of H-pyrrole nitrogens is 1. The van der Waals surface area contributed by atoms with Gasteiger partial charge in [0.1, 0.15) is 18.3 Å². The van der Waals surface area contributed by atoms with Crippen LogP contribution in [0, 0.1) is 13.8 Å². The molecule has 0 spiro atoms. The lowest BCUT2D eigenvalue weighted by Crippen LogP contribution is -2.42. The van der Waals surface area contributed by atoms with Crippen LogP contribution < -0.4 is 11.2 Å². The normalized spacial score (nSPS) is 13.7. The van der Waals surface area contributed by atoms with E-state index in [9.17, 15) is 29.7 Å². The highest BCUT2D eigenvalue weighted by atomic mass is 16.5. The number of carbonyl (C=O) groups is 1. The summed E-state index contributed by atoms with van der Waals surface area (Å²) in [7, 11) is 0. The van der Waals surface area contributed by atoms with Crippen molar-refractivity contribution in [2.45, 2.75) is 65.4 Å². The van der Waals surface area contributed by atoms with E-state index in [0.29, 0.717) is 24.1 Å². The fraction of sp³-hybridized carbons (Fsp3) is 0.522. The van der Waals surface area contributed by atoms with Crippen LogP contribution >= 0.6 is 0 Å². The molecule has 0 bridgehead atoms. The standard InChI is InChI=1S/C17H20N4O6.C6H12O2/c1-7-3-9-10(4-8(7)2)21(5-11(23)14(25)12(24)6-22)15-13(18-9)16(26)20-17(27)19-15;1-3-5-6(7)8-4-2/h3-4,11-12,14,22-25H,5-6H2,1-2H3,(H,20,26,27);3-5H2,1-2H3/t11-,12+,14-;/m0./s1. The molecule has 0 saturated heterocycles. The number of benzene rings is 1. The fourth-order valence-corrected chi connectivity index (χ4v) is 3.33. The molecule has 1 aromatic rings. The number of nitrogens with zero attached hydrogens (tertiary/aromatic N) is 3. The third-order valence-corrected chi connectivity index (χ3v) is 5.33. The summed E-state index contributed by atoms with van der Waals surface area (Å²) in [6.07, 6.45) is -3.26. The summed E-state index contributed by atoms with van der Waals surface area (Å²) >= 11 is 0. The fourth-order valence-electron chi connectivity index (χ4n) is 3.33. The van der Waals surface area contributed by atoms with Crippen molar-refractivity contribution in [1.82, 2.24) is 19.5 Å². The third kappa shape index (κ3) is 6.92. The number of aromatic nitrogens is 4. The van der Waals surface area contributed by atoms with Gasteiger partial charge < -0.3 is 29.7 Å². The van der Waals surface area contributed by atoms with Crippen LogP contribution in [0.3, 0.4) is 0 Å². The minimum atomic E-state index is -1.64. The van der Waals surface area contributed by atoms with Gasteiger partial charge in [-0.2, -0.15) is 4.98 Å². The topological polar surface area (TPSA) is 188 Å². The minimum Gasteiger partial charge on any atom is -0.466 e. The van der Waals surface area contributed by atoms with Gasteiger partial charge in [-0.1, -0.05) is 6.92 Å². The van der Waals surface area contributed by atoms with E-state index >= 15 is 0 Å². The van der Waals surface area contributed by atoms with Crippen LogP contribution in [-0.4, -0.2) is 77.4 Å². The predicted octanol–water partition coefficient (Wildman–Crippen LogP) is -0.374. The number of carbonyl (C=O) groups excluding carboxylic acids is 1. The quantitative estimate of drug-likeness (QED) is 0.205. The smallest absolute Gasteiger partial charge is 0.349 e. The molecule has 35 heavy (non-hydrogen) atoms. The van der Waals surface area contributed by atoms with Crippen molar-refractivity contribution in [2.24, 2.45) is 0 Å². The van der Waals surface area contributed by atoms with E-state index in [1.807, 2.05) is 27.7 Å². The summed E-state index contributed by atoms with van der Waals surface area (Å²) in [6.45, 7) is 7.00. The van der Waals surface area contributed by atoms with Crippen molar-refractivity contribution >= 4 is 17.0 Å². The number of aliphatic hydroxyl groups excluding tert-OH is 4. The number of aliphatic hydroxyl groups is 4. The second kappa shape index (κ2) is 12.5. The van der Waals surface area contributed by atoms with Crippen molar-refractivity contribution in [1.29, 1.82) is 0 Å². The highest BCUT2D eigenvalue weighted by Gasteiger charge is 2.27. The van der Waals surface area contributed by atoms with E-state index in [1.165, 1.54) is 4.57 Å². The average molecular weight is 493 g/mol. The highest BCUT2D eigenvalue weighted by molar-refractivity contribution is 5.81. The van der Waals surface area contributed by atoms with Crippen molar-refractivity contribution < 1.29 is 30.0 Å². The first-order chi connectivity index (χ1) is 16.5. The number of nitrogens with one attached hydrogen (secondary N) is 1. The van der Waals surface area contributed by atoms with Crippen LogP contribution in [0.25, 0.3) is 22.6 Å². The minimum absolute atomic E-state index is 0.0516. The zero-order chi connectivity index (χ0) is 26.3. The molecule has 0 aromatic heterocycles. The van der Waals surface area contributed by atoms with Gasteiger partial charge >= 0.3 is 11.7 Å². The van der Waals surface area contributed by atoms with E-state index in [1.54, 1.807) is 12.1 Å². The molecule has 0 aliphatic carbocycles. The number of aromatic amines is 1. The lowest BCUT2D eigenvalue weighted by atomic mass is 10.1. The predicted molar refractivity (Wildman–Crippen MR) is 127 cm³/mol. The first kappa shape index (κ1) is 28.1. The number of rotatable bonds is 8. The number of fused-ring (bicyclic) bond motifs is 2. The van der Waals surface area contributed by atoms with Crippen molar-refractivity contribution in [2.75, 3.05) is 13.2 Å². The van der Waals surface area contributed by atoms with Gasteiger partial charge in [0.15, 0.2) is 11.5 Å². The van der Waals surface area contributed by atoms with Crippen molar-refractivity contribution in [3.8, 4) is 11.5 Å². The van der Waals surface area contributed by atoms with Gasteiger partial charge in [0, 0.05) is 6.42 Å².